The standard InChI is InChI=1S/C13H22BrNOS/c1-4-8-15-12(6-5-10(2)16-3)13-11(14)7-9-17-13/h7,9-10,12,15H,4-6,8H2,1-3H3. The van der Waals surface area contributed by atoms with Crippen LogP contribution in [0.4, 0.5) is 0 Å². The predicted octanol–water partition coefficient (Wildman–Crippen LogP) is 4.37. The molecule has 2 nitrogen and oxygen atoms in total. The van der Waals surface area contributed by atoms with Crippen LogP contribution in [0, 0.1) is 0 Å². The molecule has 0 aliphatic carbocycles. The number of nitrogens with one attached hydrogen (secondary N) is 1. The molecule has 1 aromatic heterocycles. The summed E-state index contributed by atoms with van der Waals surface area (Å²) < 4.78 is 6.54. The van der Waals surface area contributed by atoms with E-state index in [1.807, 2.05) is 11.3 Å². The van der Waals surface area contributed by atoms with Crippen molar-refractivity contribution in [1.29, 1.82) is 0 Å². The normalized spacial score (nSPS) is 14.8. The zero-order valence-corrected chi connectivity index (χ0v) is 13.2. The molecule has 0 saturated carbocycles. The molecule has 1 rings (SSSR count). The molecule has 2 atom stereocenters. The van der Waals surface area contributed by atoms with Gasteiger partial charge >= 0.3 is 0 Å². The molecule has 0 aromatic carbocycles. The van der Waals surface area contributed by atoms with E-state index in [1.54, 1.807) is 7.11 Å². The van der Waals surface area contributed by atoms with E-state index >= 15 is 0 Å². The summed E-state index contributed by atoms with van der Waals surface area (Å²) in [6.45, 7) is 5.39. The lowest BCUT2D eigenvalue weighted by Crippen LogP contribution is -2.23. The largest absolute Gasteiger partial charge is 0.382 e. The lowest BCUT2D eigenvalue weighted by Gasteiger charge is -2.19. The Kier molecular flexibility index (Phi) is 7.35. The Labute approximate surface area is 117 Å². The molecule has 1 heterocycles. The van der Waals surface area contributed by atoms with Gasteiger partial charge < -0.3 is 10.1 Å². The molecule has 0 radical (unpaired) electrons. The quantitative estimate of drug-likeness (QED) is 0.768. The van der Waals surface area contributed by atoms with E-state index in [0.717, 1.165) is 19.4 Å². The van der Waals surface area contributed by atoms with E-state index < -0.39 is 0 Å². The monoisotopic (exact) mass is 319 g/mol. The maximum absolute atomic E-state index is 5.32. The van der Waals surface area contributed by atoms with Crippen molar-refractivity contribution >= 4 is 27.3 Å². The number of hydrogen-bond acceptors (Lipinski definition) is 3. The zero-order chi connectivity index (χ0) is 12.7. The molecule has 1 N–H and O–H groups in total. The van der Waals surface area contributed by atoms with Crippen molar-refractivity contribution in [1.82, 2.24) is 5.32 Å². The molecule has 98 valence electrons. The van der Waals surface area contributed by atoms with Crippen molar-refractivity contribution in [3.8, 4) is 0 Å². The molecule has 0 fully saturated rings. The fourth-order valence-electron chi connectivity index (χ4n) is 1.72. The van der Waals surface area contributed by atoms with Gasteiger partial charge in [-0.05, 0) is 60.1 Å². The minimum atomic E-state index is 0.333. The third kappa shape index (κ3) is 5.08. The second-order valence-corrected chi connectivity index (χ2v) is 6.07. The third-order valence-corrected chi connectivity index (χ3v) is 4.85. The zero-order valence-electron chi connectivity index (χ0n) is 10.8. The first-order valence-corrected chi connectivity index (χ1v) is 7.85. The van der Waals surface area contributed by atoms with Crippen LogP contribution in [0.15, 0.2) is 15.9 Å². The van der Waals surface area contributed by atoms with Crippen LogP contribution in [-0.2, 0) is 4.74 Å². The highest BCUT2D eigenvalue weighted by Gasteiger charge is 2.16. The van der Waals surface area contributed by atoms with Gasteiger partial charge in [0, 0.05) is 22.5 Å². The first-order chi connectivity index (χ1) is 8.19. The number of methoxy groups -OCH3 is 1. The van der Waals surface area contributed by atoms with Crippen molar-refractivity contribution < 1.29 is 4.74 Å². The van der Waals surface area contributed by atoms with E-state index in [0.29, 0.717) is 12.1 Å². The molecular weight excluding hydrogens is 298 g/mol. The van der Waals surface area contributed by atoms with Crippen molar-refractivity contribution in [2.45, 2.75) is 45.3 Å². The van der Waals surface area contributed by atoms with Gasteiger partial charge in [0.2, 0.25) is 0 Å². The van der Waals surface area contributed by atoms with Gasteiger partial charge in [-0.1, -0.05) is 6.92 Å². The van der Waals surface area contributed by atoms with Crippen LogP contribution in [-0.4, -0.2) is 19.8 Å². The van der Waals surface area contributed by atoms with Crippen molar-refractivity contribution in [2.75, 3.05) is 13.7 Å². The van der Waals surface area contributed by atoms with Gasteiger partial charge in [0.05, 0.1) is 6.10 Å². The van der Waals surface area contributed by atoms with Crippen molar-refractivity contribution in [3.05, 3.63) is 20.8 Å². The topological polar surface area (TPSA) is 21.3 Å². The molecule has 1 aromatic rings. The number of halogens is 1. The van der Waals surface area contributed by atoms with E-state index in [1.165, 1.54) is 15.8 Å². The van der Waals surface area contributed by atoms with Gasteiger partial charge in [-0.2, -0.15) is 0 Å². The molecule has 0 saturated heterocycles. The second kappa shape index (κ2) is 8.25. The molecular formula is C13H22BrNOS. The van der Waals surface area contributed by atoms with E-state index in [9.17, 15) is 0 Å². The highest BCUT2D eigenvalue weighted by Crippen LogP contribution is 2.32. The fourth-order valence-corrected chi connectivity index (χ4v) is 3.48. The minimum absolute atomic E-state index is 0.333. The summed E-state index contributed by atoms with van der Waals surface area (Å²) >= 11 is 5.44. The Morgan fingerprint density at radius 1 is 1.47 bits per heavy atom. The molecule has 0 amide bonds. The van der Waals surface area contributed by atoms with Crippen LogP contribution in [0.1, 0.15) is 44.0 Å². The van der Waals surface area contributed by atoms with Crippen LogP contribution in [0.2, 0.25) is 0 Å². The van der Waals surface area contributed by atoms with E-state index in [4.69, 9.17) is 4.74 Å². The lowest BCUT2D eigenvalue weighted by molar-refractivity contribution is 0.106. The molecule has 0 aliphatic rings. The lowest BCUT2D eigenvalue weighted by atomic mass is 10.1. The molecule has 0 aliphatic heterocycles. The number of hydrogen-bond donors (Lipinski definition) is 1. The Morgan fingerprint density at radius 2 is 2.24 bits per heavy atom. The molecule has 4 heteroatoms. The van der Waals surface area contributed by atoms with E-state index in [2.05, 4.69) is 46.5 Å². The highest BCUT2D eigenvalue weighted by molar-refractivity contribution is 9.10. The minimum Gasteiger partial charge on any atom is -0.382 e. The SMILES string of the molecule is CCCNC(CCC(C)OC)c1sccc1Br. The molecule has 0 bridgehead atoms. The highest BCUT2D eigenvalue weighted by atomic mass is 79.9. The van der Waals surface area contributed by atoms with E-state index in [-0.39, 0.29) is 0 Å². The van der Waals surface area contributed by atoms with Crippen LogP contribution >= 0.6 is 27.3 Å². The number of thiophene rings is 1. The fraction of sp³-hybridized carbons (Fsp3) is 0.692. The van der Waals surface area contributed by atoms with Crippen molar-refractivity contribution in [3.63, 3.8) is 0 Å². The van der Waals surface area contributed by atoms with Gasteiger partial charge in [-0.15, -0.1) is 11.3 Å². The Morgan fingerprint density at radius 3 is 2.76 bits per heavy atom. The number of ether oxygens (including phenoxy) is 1. The summed E-state index contributed by atoms with van der Waals surface area (Å²) in [6, 6.07) is 2.57. The van der Waals surface area contributed by atoms with Gasteiger partial charge in [0.25, 0.3) is 0 Å². The van der Waals surface area contributed by atoms with Crippen molar-refractivity contribution in [2.24, 2.45) is 0 Å². The van der Waals surface area contributed by atoms with Gasteiger partial charge in [-0.3, -0.25) is 0 Å². The third-order valence-electron chi connectivity index (χ3n) is 2.87. The molecule has 17 heavy (non-hydrogen) atoms. The molecule has 0 spiro atoms. The number of rotatable bonds is 8. The van der Waals surface area contributed by atoms with Gasteiger partial charge in [0.15, 0.2) is 0 Å². The van der Waals surface area contributed by atoms with Gasteiger partial charge in [0.1, 0.15) is 0 Å². The maximum Gasteiger partial charge on any atom is 0.0543 e. The smallest absolute Gasteiger partial charge is 0.0543 e. The Hall–Kier alpha value is 0.100. The first-order valence-electron chi connectivity index (χ1n) is 6.18. The van der Waals surface area contributed by atoms with Crippen LogP contribution in [0.5, 0.6) is 0 Å². The summed E-state index contributed by atoms with van der Waals surface area (Å²) in [5.74, 6) is 0. The maximum atomic E-state index is 5.32. The average Bonchev–Trinajstić information content (AvgIpc) is 2.75. The summed E-state index contributed by atoms with van der Waals surface area (Å²) in [4.78, 5) is 1.40. The summed E-state index contributed by atoms with van der Waals surface area (Å²) in [5.41, 5.74) is 0. The average molecular weight is 320 g/mol. The van der Waals surface area contributed by atoms with Crippen LogP contribution < -0.4 is 5.32 Å². The van der Waals surface area contributed by atoms with Gasteiger partial charge in [-0.25, -0.2) is 0 Å². The Bertz CT molecular complexity index is 316. The first kappa shape index (κ1) is 15.2. The predicted molar refractivity (Wildman–Crippen MR) is 78.8 cm³/mol. The Balaban J connectivity index is 2.57. The summed E-state index contributed by atoms with van der Waals surface area (Å²) in [5, 5.41) is 5.76. The summed E-state index contributed by atoms with van der Waals surface area (Å²) in [6.07, 6.45) is 3.70. The summed E-state index contributed by atoms with van der Waals surface area (Å²) in [7, 11) is 1.78. The second-order valence-electron chi connectivity index (χ2n) is 4.26. The molecule has 2 unspecified atom stereocenters. The van der Waals surface area contributed by atoms with Crippen LogP contribution in [0.25, 0.3) is 0 Å². The van der Waals surface area contributed by atoms with Crippen LogP contribution in [0.3, 0.4) is 0 Å².